The molecular weight excluding hydrogens is 700 g/mol. The van der Waals surface area contributed by atoms with E-state index in [2.05, 4.69) is 10.3 Å². The first kappa shape index (κ1) is 34.1. The standard InChI is InChI=1S/C32H23F6N3O6S2/c1-2-46-21-11-15(9-10-20(21)47-14-22(42)39-18-7-3-5-16(12-18)31(33,34)35)23-24-26(48-27-25(23)49-30(45)40-27)29(44)41(28(24)43)19-8-4-6-17(13-19)32(36,37)38/h3-13,23-24,26H,2,14H2,1H3,(H,39,42)(H,40,45). The second kappa shape index (κ2) is 12.9. The van der Waals surface area contributed by atoms with Gasteiger partial charge in [0.25, 0.3) is 5.91 Å². The number of amides is 3. The van der Waals surface area contributed by atoms with E-state index in [9.17, 15) is 45.5 Å². The van der Waals surface area contributed by atoms with E-state index in [1.54, 1.807) is 13.0 Å². The first-order valence-electron chi connectivity index (χ1n) is 14.5. The molecule has 1 saturated heterocycles. The average Bonchev–Trinajstić information content (AvgIpc) is 3.53. The van der Waals surface area contributed by atoms with E-state index in [4.69, 9.17) is 9.47 Å². The van der Waals surface area contributed by atoms with E-state index in [0.29, 0.717) is 15.5 Å². The lowest BCUT2D eigenvalue weighted by Gasteiger charge is -2.30. The minimum absolute atomic E-state index is 0.0772. The zero-order valence-electron chi connectivity index (χ0n) is 25.0. The number of rotatable bonds is 8. The molecule has 49 heavy (non-hydrogen) atoms. The van der Waals surface area contributed by atoms with E-state index in [-0.39, 0.29) is 29.5 Å². The number of hydrogen-bond donors (Lipinski definition) is 2. The molecule has 3 amide bonds. The number of H-pyrrole nitrogens is 1. The van der Waals surface area contributed by atoms with Crippen LogP contribution in [0.2, 0.25) is 0 Å². The Labute approximate surface area is 281 Å². The number of halogens is 6. The van der Waals surface area contributed by atoms with Crippen LogP contribution < -0.4 is 24.6 Å². The fourth-order valence-corrected chi connectivity index (χ4v) is 8.19. The van der Waals surface area contributed by atoms with Crippen LogP contribution in [-0.4, -0.2) is 41.2 Å². The first-order chi connectivity index (χ1) is 23.2. The second-order valence-corrected chi connectivity index (χ2v) is 13.0. The van der Waals surface area contributed by atoms with Crippen LogP contribution in [0.5, 0.6) is 11.5 Å². The molecule has 6 rings (SSSR count). The summed E-state index contributed by atoms with van der Waals surface area (Å²) in [4.78, 5) is 56.0. The van der Waals surface area contributed by atoms with E-state index in [1.165, 1.54) is 24.3 Å². The number of nitrogens with zero attached hydrogens (tertiary/aromatic N) is 1. The Morgan fingerprint density at radius 3 is 2.27 bits per heavy atom. The predicted octanol–water partition coefficient (Wildman–Crippen LogP) is 6.69. The van der Waals surface area contributed by atoms with Gasteiger partial charge in [0.15, 0.2) is 18.1 Å². The minimum Gasteiger partial charge on any atom is -0.490 e. The van der Waals surface area contributed by atoms with Crippen LogP contribution in [0.25, 0.3) is 0 Å². The fourth-order valence-electron chi connectivity index (χ4n) is 5.67. The SMILES string of the molecule is CCOc1cc(C2c3sc(=O)[nH]c3SC3C(=O)N(c4cccc(C(F)(F)F)c4)C(=O)C32)ccc1OCC(=O)Nc1cccc(C(F)(F)F)c1. The third-order valence-electron chi connectivity index (χ3n) is 7.71. The molecule has 3 heterocycles. The highest BCUT2D eigenvalue weighted by Crippen LogP contribution is 2.54. The summed E-state index contributed by atoms with van der Waals surface area (Å²) in [5, 5.41) is 1.61. The monoisotopic (exact) mass is 723 g/mol. The van der Waals surface area contributed by atoms with Crippen LogP contribution in [0.3, 0.4) is 0 Å². The van der Waals surface area contributed by atoms with E-state index < -0.39 is 69.8 Å². The van der Waals surface area contributed by atoms with Crippen molar-refractivity contribution in [2.45, 2.75) is 35.5 Å². The molecule has 0 radical (unpaired) electrons. The van der Waals surface area contributed by atoms with Gasteiger partial charge in [0, 0.05) is 16.5 Å². The van der Waals surface area contributed by atoms with Crippen LogP contribution in [-0.2, 0) is 26.7 Å². The normalized spacial score (nSPS) is 19.0. The molecule has 1 fully saturated rings. The van der Waals surface area contributed by atoms with Crippen LogP contribution in [0, 0.1) is 5.92 Å². The van der Waals surface area contributed by atoms with Crippen molar-refractivity contribution in [3.63, 3.8) is 0 Å². The Hall–Kier alpha value is -4.77. The van der Waals surface area contributed by atoms with Gasteiger partial charge in [-0.25, -0.2) is 4.90 Å². The summed E-state index contributed by atoms with van der Waals surface area (Å²) in [6, 6.07) is 12.5. The zero-order chi connectivity index (χ0) is 35.2. The van der Waals surface area contributed by atoms with Gasteiger partial charge in [0.1, 0.15) is 5.25 Å². The van der Waals surface area contributed by atoms with E-state index in [0.717, 1.165) is 64.4 Å². The highest BCUT2D eigenvalue weighted by atomic mass is 32.2. The largest absolute Gasteiger partial charge is 0.490 e. The van der Waals surface area contributed by atoms with Crippen molar-refractivity contribution in [2.24, 2.45) is 5.92 Å². The second-order valence-electron chi connectivity index (χ2n) is 10.9. The van der Waals surface area contributed by atoms with Gasteiger partial charge in [0.05, 0.1) is 34.4 Å². The van der Waals surface area contributed by atoms with Gasteiger partial charge in [-0.3, -0.25) is 19.2 Å². The lowest BCUT2D eigenvalue weighted by Crippen LogP contribution is -2.32. The molecule has 3 aromatic carbocycles. The molecule has 2 N–H and O–H groups in total. The molecule has 9 nitrogen and oxygen atoms in total. The van der Waals surface area contributed by atoms with Crippen LogP contribution in [0.4, 0.5) is 37.7 Å². The number of fused-ring (bicyclic) bond motifs is 2. The quantitative estimate of drug-likeness (QED) is 0.154. The maximum atomic E-state index is 14.0. The van der Waals surface area contributed by atoms with Crippen molar-refractivity contribution in [1.82, 2.24) is 4.98 Å². The molecule has 2 aliphatic heterocycles. The number of benzene rings is 3. The highest BCUT2D eigenvalue weighted by molar-refractivity contribution is 8.00. The lowest BCUT2D eigenvalue weighted by molar-refractivity contribution is -0.138. The number of ether oxygens (including phenoxy) is 2. The number of thiazole rings is 1. The van der Waals surface area contributed by atoms with Gasteiger partial charge in [-0.2, -0.15) is 26.3 Å². The van der Waals surface area contributed by atoms with Crippen LogP contribution in [0.1, 0.15) is 34.4 Å². The summed E-state index contributed by atoms with van der Waals surface area (Å²) in [5.74, 6) is -4.04. The molecule has 3 unspecified atom stereocenters. The predicted molar refractivity (Wildman–Crippen MR) is 167 cm³/mol. The number of nitrogens with one attached hydrogen (secondary N) is 2. The summed E-state index contributed by atoms with van der Waals surface area (Å²) in [6.45, 7) is 1.20. The molecule has 4 aromatic rings. The molecule has 1 aromatic heterocycles. The molecule has 17 heteroatoms. The Kier molecular flexibility index (Phi) is 9.00. The molecule has 0 aliphatic carbocycles. The third-order valence-corrected chi connectivity index (χ3v) is 10.1. The van der Waals surface area contributed by atoms with Crippen LogP contribution in [0.15, 0.2) is 76.6 Å². The molecule has 0 spiro atoms. The molecule has 0 bridgehead atoms. The number of anilines is 2. The molecule has 2 aliphatic rings. The summed E-state index contributed by atoms with van der Waals surface area (Å²) < 4.78 is 91.0. The van der Waals surface area contributed by atoms with Crippen molar-refractivity contribution in [2.75, 3.05) is 23.4 Å². The van der Waals surface area contributed by atoms with E-state index in [1.807, 2.05) is 0 Å². The molecule has 256 valence electrons. The maximum absolute atomic E-state index is 14.0. The number of aromatic nitrogens is 1. The number of carbonyl (C=O) groups is 3. The summed E-state index contributed by atoms with van der Waals surface area (Å²) in [5.41, 5.74) is -1.89. The average molecular weight is 724 g/mol. The number of hydrogen-bond acceptors (Lipinski definition) is 8. The van der Waals surface area contributed by atoms with Crippen molar-refractivity contribution >= 4 is 52.2 Å². The number of imide groups is 1. The summed E-state index contributed by atoms with van der Waals surface area (Å²) >= 11 is 1.79. The highest BCUT2D eigenvalue weighted by Gasteiger charge is 2.56. The number of carbonyl (C=O) groups excluding carboxylic acids is 3. The fraction of sp³-hybridized carbons (Fsp3) is 0.250. The van der Waals surface area contributed by atoms with Crippen molar-refractivity contribution < 1.29 is 50.2 Å². The third kappa shape index (κ3) is 6.76. The smallest absolute Gasteiger partial charge is 0.416 e. The maximum Gasteiger partial charge on any atom is 0.416 e. The van der Waals surface area contributed by atoms with Crippen molar-refractivity contribution in [3.8, 4) is 11.5 Å². The van der Waals surface area contributed by atoms with Gasteiger partial charge < -0.3 is 19.8 Å². The van der Waals surface area contributed by atoms with Crippen molar-refractivity contribution in [1.29, 1.82) is 0 Å². The zero-order valence-corrected chi connectivity index (χ0v) is 26.6. The van der Waals surface area contributed by atoms with Gasteiger partial charge in [-0.1, -0.05) is 41.3 Å². The molecular formula is C32H23F6N3O6S2. The summed E-state index contributed by atoms with van der Waals surface area (Å²) in [6.07, 6.45) is -9.32. The Bertz CT molecular complexity index is 2010. The number of alkyl halides is 6. The topological polar surface area (TPSA) is 118 Å². The Morgan fingerprint density at radius 2 is 1.57 bits per heavy atom. The minimum atomic E-state index is -4.71. The van der Waals surface area contributed by atoms with E-state index >= 15 is 0 Å². The molecule has 3 atom stereocenters. The first-order valence-corrected chi connectivity index (χ1v) is 16.2. The Morgan fingerprint density at radius 1 is 0.878 bits per heavy atom. The van der Waals surface area contributed by atoms with Gasteiger partial charge in [0.2, 0.25) is 11.8 Å². The summed E-state index contributed by atoms with van der Waals surface area (Å²) in [7, 11) is 0. The van der Waals surface area contributed by atoms with Gasteiger partial charge in [-0.05, 0) is 61.0 Å². The van der Waals surface area contributed by atoms with Gasteiger partial charge >= 0.3 is 17.2 Å². The number of thioether (sulfide) groups is 1. The number of aromatic amines is 1. The molecule has 0 saturated carbocycles. The van der Waals surface area contributed by atoms with Crippen LogP contribution >= 0.6 is 23.1 Å². The van der Waals surface area contributed by atoms with Gasteiger partial charge in [-0.15, -0.1) is 0 Å². The van der Waals surface area contributed by atoms with Crippen molar-refractivity contribution in [3.05, 3.63) is 98.0 Å². The Balaban J connectivity index is 1.29. The lowest BCUT2D eigenvalue weighted by atomic mass is 9.83.